The molecule has 0 radical (unpaired) electrons. The third-order valence-electron chi connectivity index (χ3n) is 2.83. The van der Waals surface area contributed by atoms with E-state index >= 15 is 0 Å². The van der Waals surface area contributed by atoms with E-state index in [2.05, 4.69) is 15.9 Å². The summed E-state index contributed by atoms with van der Waals surface area (Å²) >= 11 is 14.4. The summed E-state index contributed by atoms with van der Waals surface area (Å²) in [5, 5.41) is 0.625. The summed E-state index contributed by atoms with van der Waals surface area (Å²) in [6.45, 7) is 0.307. The number of methoxy groups -OCH3 is 1. The minimum atomic E-state index is 0.282. The van der Waals surface area contributed by atoms with Crippen LogP contribution in [-0.2, 0) is 6.61 Å². The van der Waals surface area contributed by atoms with Crippen molar-refractivity contribution in [1.82, 2.24) is 0 Å². The van der Waals surface area contributed by atoms with Crippen LogP contribution in [0.1, 0.15) is 11.1 Å². The van der Waals surface area contributed by atoms with Crippen LogP contribution in [0.15, 0.2) is 40.9 Å². The molecule has 0 unspecified atom stereocenters. The topological polar surface area (TPSA) is 44.5 Å². The van der Waals surface area contributed by atoms with Crippen molar-refractivity contribution in [2.45, 2.75) is 6.61 Å². The quantitative estimate of drug-likeness (QED) is 0.777. The molecule has 0 saturated heterocycles. The maximum absolute atomic E-state index is 6.00. The fourth-order valence-corrected chi connectivity index (χ4v) is 2.55. The van der Waals surface area contributed by atoms with Crippen LogP contribution in [0.2, 0.25) is 5.02 Å². The van der Waals surface area contributed by atoms with E-state index in [1.54, 1.807) is 25.3 Å². The lowest BCUT2D eigenvalue weighted by molar-refractivity contribution is 0.296. The Labute approximate surface area is 142 Å². The molecule has 3 nitrogen and oxygen atoms in total. The predicted octanol–water partition coefficient (Wildman–Crippen LogP) is 4.32. The second-order valence-corrected chi connectivity index (χ2v) is 6.04. The highest BCUT2D eigenvalue weighted by molar-refractivity contribution is 9.10. The molecule has 2 N–H and O–H groups in total. The van der Waals surface area contributed by atoms with Gasteiger partial charge in [-0.05, 0) is 36.4 Å². The van der Waals surface area contributed by atoms with Crippen LogP contribution < -0.4 is 15.2 Å². The smallest absolute Gasteiger partial charge is 0.130 e. The van der Waals surface area contributed by atoms with Gasteiger partial charge >= 0.3 is 0 Å². The Hall–Kier alpha value is -1.30. The third-order valence-corrected chi connectivity index (χ3v) is 3.78. The van der Waals surface area contributed by atoms with Crippen molar-refractivity contribution in [3.05, 3.63) is 57.0 Å². The zero-order valence-corrected chi connectivity index (χ0v) is 14.4. The fourth-order valence-electron chi connectivity index (χ4n) is 1.84. The van der Waals surface area contributed by atoms with Crippen molar-refractivity contribution >= 4 is 44.7 Å². The maximum atomic E-state index is 6.00. The molecule has 0 amide bonds. The number of thiocarbonyl (C=S) groups is 1. The van der Waals surface area contributed by atoms with Gasteiger partial charge in [0.25, 0.3) is 0 Å². The number of halogens is 2. The van der Waals surface area contributed by atoms with Crippen LogP contribution in [0.25, 0.3) is 0 Å². The number of hydrogen-bond acceptors (Lipinski definition) is 3. The van der Waals surface area contributed by atoms with E-state index < -0.39 is 0 Å². The molecule has 0 aromatic heterocycles. The summed E-state index contributed by atoms with van der Waals surface area (Å²) in [6.07, 6.45) is 0. The van der Waals surface area contributed by atoms with Gasteiger partial charge < -0.3 is 15.2 Å². The fraction of sp³-hybridized carbons (Fsp3) is 0.133. The van der Waals surface area contributed by atoms with Crippen LogP contribution in [0.4, 0.5) is 0 Å². The van der Waals surface area contributed by atoms with Gasteiger partial charge in [0.2, 0.25) is 0 Å². The molecule has 0 bridgehead atoms. The van der Waals surface area contributed by atoms with Gasteiger partial charge in [-0.25, -0.2) is 0 Å². The van der Waals surface area contributed by atoms with E-state index in [4.69, 9.17) is 39.0 Å². The molecule has 0 fully saturated rings. The monoisotopic (exact) mass is 385 g/mol. The van der Waals surface area contributed by atoms with Gasteiger partial charge in [-0.3, -0.25) is 0 Å². The van der Waals surface area contributed by atoms with E-state index in [9.17, 15) is 0 Å². The molecule has 0 atom stereocenters. The van der Waals surface area contributed by atoms with Gasteiger partial charge in [-0.15, -0.1) is 0 Å². The lowest BCUT2D eigenvalue weighted by atomic mass is 10.2. The highest BCUT2D eigenvalue weighted by Gasteiger charge is 2.10. The van der Waals surface area contributed by atoms with E-state index in [-0.39, 0.29) is 4.99 Å². The molecule has 0 aliphatic carbocycles. The van der Waals surface area contributed by atoms with Gasteiger partial charge in [0.1, 0.15) is 23.1 Å². The first-order valence-corrected chi connectivity index (χ1v) is 7.63. The molecule has 110 valence electrons. The van der Waals surface area contributed by atoms with Crippen molar-refractivity contribution in [3.8, 4) is 11.5 Å². The SMILES string of the molecule is COc1ccc(Cl)cc1COc1ccc(Br)cc1C(N)=S. The zero-order valence-electron chi connectivity index (χ0n) is 11.2. The van der Waals surface area contributed by atoms with Gasteiger partial charge in [-0.2, -0.15) is 0 Å². The molecular weight excluding hydrogens is 374 g/mol. The summed E-state index contributed by atoms with van der Waals surface area (Å²) in [6, 6.07) is 10.9. The van der Waals surface area contributed by atoms with E-state index in [0.29, 0.717) is 28.7 Å². The molecule has 6 heteroatoms. The summed E-state index contributed by atoms with van der Waals surface area (Å²) in [4.78, 5) is 0.282. The van der Waals surface area contributed by atoms with Crippen LogP contribution >= 0.6 is 39.7 Å². The van der Waals surface area contributed by atoms with Crippen molar-refractivity contribution in [2.75, 3.05) is 7.11 Å². The Morgan fingerprint density at radius 1 is 1.24 bits per heavy atom. The molecule has 21 heavy (non-hydrogen) atoms. The first-order valence-electron chi connectivity index (χ1n) is 6.06. The highest BCUT2D eigenvalue weighted by Crippen LogP contribution is 2.27. The molecule has 0 aliphatic rings. The molecule has 0 spiro atoms. The van der Waals surface area contributed by atoms with Crippen molar-refractivity contribution in [1.29, 1.82) is 0 Å². The molecule has 2 rings (SSSR count). The van der Waals surface area contributed by atoms with Crippen molar-refractivity contribution < 1.29 is 9.47 Å². The van der Waals surface area contributed by atoms with Crippen molar-refractivity contribution in [3.63, 3.8) is 0 Å². The van der Waals surface area contributed by atoms with Crippen LogP contribution in [0.5, 0.6) is 11.5 Å². The minimum Gasteiger partial charge on any atom is -0.496 e. The van der Waals surface area contributed by atoms with E-state index in [1.807, 2.05) is 18.2 Å². The number of benzene rings is 2. The third kappa shape index (κ3) is 4.09. The Morgan fingerprint density at radius 2 is 1.95 bits per heavy atom. The van der Waals surface area contributed by atoms with E-state index in [1.165, 1.54) is 0 Å². The Kier molecular flexibility index (Phi) is 5.45. The molecular formula is C15H13BrClNO2S. The lowest BCUT2D eigenvalue weighted by Gasteiger charge is -2.13. The molecule has 0 heterocycles. The second kappa shape index (κ2) is 7.11. The minimum absolute atomic E-state index is 0.282. The standard InChI is InChI=1S/C15H13BrClNO2S/c1-19-13-5-3-11(17)6-9(13)8-20-14-4-2-10(16)7-12(14)15(18)21/h2-7H,8H2,1H3,(H2,18,21). The Bertz CT molecular complexity index is 679. The summed E-state index contributed by atoms with van der Waals surface area (Å²) < 4.78 is 12.0. The number of rotatable bonds is 5. The first-order chi connectivity index (χ1) is 10.0. The summed E-state index contributed by atoms with van der Waals surface area (Å²) in [7, 11) is 1.60. The van der Waals surface area contributed by atoms with Crippen LogP contribution in [0, 0.1) is 0 Å². The van der Waals surface area contributed by atoms with Crippen LogP contribution in [-0.4, -0.2) is 12.1 Å². The van der Waals surface area contributed by atoms with Gasteiger partial charge in [0.15, 0.2) is 0 Å². The maximum Gasteiger partial charge on any atom is 0.130 e. The highest BCUT2D eigenvalue weighted by atomic mass is 79.9. The van der Waals surface area contributed by atoms with Crippen LogP contribution in [0.3, 0.4) is 0 Å². The largest absolute Gasteiger partial charge is 0.496 e. The molecule has 2 aromatic rings. The van der Waals surface area contributed by atoms with Gasteiger partial charge in [-0.1, -0.05) is 39.7 Å². The summed E-state index contributed by atoms with van der Waals surface area (Å²) in [5.41, 5.74) is 7.25. The molecule has 2 aromatic carbocycles. The average Bonchev–Trinajstić information content (AvgIpc) is 2.46. The van der Waals surface area contributed by atoms with Gasteiger partial charge in [0, 0.05) is 15.1 Å². The average molecular weight is 387 g/mol. The number of hydrogen-bond donors (Lipinski definition) is 1. The molecule has 0 saturated carbocycles. The van der Waals surface area contributed by atoms with E-state index in [0.717, 1.165) is 10.0 Å². The van der Waals surface area contributed by atoms with Crippen molar-refractivity contribution in [2.24, 2.45) is 5.73 Å². The lowest BCUT2D eigenvalue weighted by Crippen LogP contribution is -2.12. The summed E-state index contributed by atoms with van der Waals surface area (Å²) in [5.74, 6) is 1.33. The normalized spacial score (nSPS) is 10.2. The zero-order chi connectivity index (χ0) is 15.4. The van der Waals surface area contributed by atoms with Gasteiger partial charge in [0.05, 0.1) is 12.7 Å². The second-order valence-electron chi connectivity index (χ2n) is 4.25. The Morgan fingerprint density at radius 3 is 2.62 bits per heavy atom. The number of nitrogens with two attached hydrogens (primary N) is 1. The number of ether oxygens (including phenoxy) is 2. The Balaban J connectivity index is 2.24. The first kappa shape index (κ1) is 16.1. The predicted molar refractivity (Wildman–Crippen MR) is 92.4 cm³/mol. The molecule has 0 aliphatic heterocycles.